The van der Waals surface area contributed by atoms with Crippen molar-refractivity contribution in [2.24, 2.45) is 5.73 Å². The number of amides is 1. The Morgan fingerprint density at radius 3 is 2.70 bits per heavy atom. The van der Waals surface area contributed by atoms with Crippen LogP contribution in [0.4, 0.5) is 0 Å². The van der Waals surface area contributed by atoms with Gasteiger partial charge in [0, 0.05) is 11.6 Å². The zero-order valence-corrected chi connectivity index (χ0v) is 12.1. The maximum Gasteiger partial charge on any atom is 0.239 e. The van der Waals surface area contributed by atoms with Crippen LogP contribution in [0.15, 0.2) is 24.3 Å². The predicted molar refractivity (Wildman–Crippen MR) is 79.6 cm³/mol. The minimum atomic E-state index is -0.471. The van der Waals surface area contributed by atoms with E-state index in [1.165, 1.54) is 19.3 Å². The molecule has 20 heavy (non-hydrogen) atoms. The van der Waals surface area contributed by atoms with E-state index in [9.17, 15) is 4.79 Å². The SMILES string of the molecule is CCOc1ccccc1C(NC1CCCCC1)C(N)=O. The molecule has 1 aromatic carbocycles. The highest BCUT2D eigenvalue weighted by Crippen LogP contribution is 2.27. The first-order valence-electron chi connectivity index (χ1n) is 7.49. The average Bonchev–Trinajstić information content (AvgIpc) is 2.47. The number of carbonyl (C=O) groups excluding carboxylic acids is 1. The van der Waals surface area contributed by atoms with Gasteiger partial charge in [-0.1, -0.05) is 37.5 Å². The van der Waals surface area contributed by atoms with Crippen molar-refractivity contribution in [1.29, 1.82) is 0 Å². The zero-order valence-electron chi connectivity index (χ0n) is 12.1. The molecule has 1 aromatic rings. The molecule has 1 aliphatic carbocycles. The van der Waals surface area contributed by atoms with E-state index >= 15 is 0 Å². The Kier molecular flexibility index (Phi) is 5.41. The number of primary amides is 1. The molecule has 0 aromatic heterocycles. The van der Waals surface area contributed by atoms with E-state index < -0.39 is 6.04 Å². The topological polar surface area (TPSA) is 64.3 Å². The molecule has 1 fully saturated rings. The summed E-state index contributed by atoms with van der Waals surface area (Å²) in [5.74, 6) is 0.393. The van der Waals surface area contributed by atoms with Gasteiger partial charge in [-0.05, 0) is 25.8 Å². The normalized spacial score (nSPS) is 17.6. The summed E-state index contributed by atoms with van der Waals surface area (Å²) < 4.78 is 5.61. The molecule has 4 heteroatoms. The Hall–Kier alpha value is -1.55. The van der Waals surface area contributed by atoms with Crippen molar-refractivity contribution in [3.63, 3.8) is 0 Å². The third-order valence-corrected chi connectivity index (χ3v) is 3.82. The number of hydrogen-bond donors (Lipinski definition) is 2. The van der Waals surface area contributed by atoms with Gasteiger partial charge in [-0.3, -0.25) is 10.1 Å². The molecule has 1 amide bonds. The number of benzene rings is 1. The molecule has 1 aliphatic rings. The highest BCUT2D eigenvalue weighted by molar-refractivity contribution is 5.82. The van der Waals surface area contributed by atoms with Gasteiger partial charge in [-0.25, -0.2) is 0 Å². The van der Waals surface area contributed by atoms with Crippen LogP contribution in [0.25, 0.3) is 0 Å². The third-order valence-electron chi connectivity index (χ3n) is 3.82. The summed E-state index contributed by atoms with van der Waals surface area (Å²) in [6, 6.07) is 7.52. The first-order chi connectivity index (χ1) is 9.72. The highest BCUT2D eigenvalue weighted by Gasteiger charge is 2.25. The largest absolute Gasteiger partial charge is 0.494 e. The van der Waals surface area contributed by atoms with Gasteiger partial charge in [0.25, 0.3) is 0 Å². The summed E-state index contributed by atoms with van der Waals surface area (Å²) in [5, 5.41) is 3.42. The van der Waals surface area contributed by atoms with E-state index in [2.05, 4.69) is 5.32 Å². The summed E-state index contributed by atoms with van der Waals surface area (Å²) in [5.41, 5.74) is 6.43. The van der Waals surface area contributed by atoms with Crippen LogP contribution >= 0.6 is 0 Å². The van der Waals surface area contributed by atoms with E-state index in [4.69, 9.17) is 10.5 Å². The van der Waals surface area contributed by atoms with E-state index in [1.807, 2.05) is 31.2 Å². The monoisotopic (exact) mass is 276 g/mol. The van der Waals surface area contributed by atoms with Crippen molar-refractivity contribution in [2.45, 2.75) is 51.1 Å². The second-order valence-electron chi connectivity index (χ2n) is 5.31. The van der Waals surface area contributed by atoms with E-state index in [-0.39, 0.29) is 5.91 Å². The number of nitrogens with one attached hydrogen (secondary N) is 1. The Morgan fingerprint density at radius 1 is 1.35 bits per heavy atom. The van der Waals surface area contributed by atoms with Crippen LogP contribution in [0, 0.1) is 0 Å². The molecule has 0 aliphatic heterocycles. The van der Waals surface area contributed by atoms with Crippen molar-refractivity contribution in [2.75, 3.05) is 6.61 Å². The second kappa shape index (κ2) is 7.29. The number of hydrogen-bond acceptors (Lipinski definition) is 3. The van der Waals surface area contributed by atoms with Gasteiger partial charge in [0.1, 0.15) is 11.8 Å². The van der Waals surface area contributed by atoms with Crippen molar-refractivity contribution >= 4 is 5.91 Å². The number of ether oxygens (including phenoxy) is 1. The van der Waals surface area contributed by atoms with Crippen molar-refractivity contribution in [3.05, 3.63) is 29.8 Å². The van der Waals surface area contributed by atoms with Gasteiger partial charge in [-0.2, -0.15) is 0 Å². The highest BCUT2D eigenvalue weighted by atomic mass is 16.5. The number of rotatable bonds is 6. The molecule has 0 spiro atoms. The molecule has 3 N–H and O–H groups in total. The van der Waals surface area contributed by atoms with Crippen LogP contribution < -0.4 is 15.8 Å². The molecule has 0 radical (unpaired) electrons. The molecular formula is C16H24N2O2. The van der Waals surface area contributed by atoms with Crippen LogP contribution in [0.3, 0.4) is 0 Å². The molecule has 1 saturated carbocycles. The van der Waals surface area contributed by atoms with Crippen molar-refractivity contribution in [1.82, 2.24) is 5.32 Å². The molecule has 1 atom stereocenters. The lowest BCUT2D eigenvalue weighted by atomic mass is 9.93. The van der Waals surface area contributed by atoms with Gasteiger partial charge < -0.3 is 10.5 Å². The van der Waals surface area contributed by atoms with E-state index in [0.717, 1.165) is 24.2 Å². The van der Waals surface area contributed by atoms with Gasteiger partial charge in [0.05, 0.1) is 6.61 Å². The average molecular weight is 276 g/mol. The molecule has 2 rings (SSSR count). The summed E-state index contributed by atoms with van der Waals surface area (Å²) in [4.78, 5) is 11.8. The van der Waals surface area contributed by atoms with Gasteiger partial charge in [-0.15, -0.1) is 0 Å². The van der Waals surface area contributed by atoms with E-state index in [1.54, 1.807) is 0 Å². The lowest BCUT2D eigenvalue weighted by molar-refractivity contribution is -0.120. The predicted octanol–water partition coefficient (Wildman–Crippen LogP) is 2.53. The minimum absolute atomic E-state index is 0.345. The first kappa shape index (κ1) is 14.9. The molecule has 1 unspecified atom stereocenters. The van der Waals surface area contributed by atoms with Crippen molar-refractivity contribution in [3.8, 4) is 5.75 Å². The van der Waals surface area contributed by atoms with Crippen LogP contribution in [0.1, 0.15) is 50.6 Å². The number of nitrogens with two attached hydrogens (primary N) is 1. The number of para-hydroxylation sites is 1. The second-order valence-corrected chi connectivity index (χ2v) is 5.31. The third kappa shape index (κ3) is 3.73. The van der Waals surface area contributed by atoms with Gasteiger partial charge in [0.15, 0.2) is 0 Å². The summed E-state index contributed by atoms with van der Waals surface area (Å²) in [6.07, 6.45) is 5.95. The maximum absolute atomic E-state index is 11.8. The first-order valence-corrected chi connectivity index (χ1v) is 7.49. The summed E-state index contributed by atoms with van der Waals surface area (Å²) >= 11 is 0. The Bertz CT molecular complexity index is 442. The van der Waals surface area contributed by atoms with Crippen molar-refractivity contribution < 1.29 is 9.53 Å². The quantitative estimate of drug-likeness (QED) is 0.839. The summed E-state index contributed by atoms with van der Waals surface area (Å²) in [7, 11) is 0. The van der Waals surface area contributed by atoms with Crippen LogP contribution in [0.5, 0.6) is 5.75 Å². The fourth-order valence-electron chi connectivity index (χ4n) is 2.84. The zero-order chi connectivity index (χ0) is 14.4. The van der Waals surface area contributed by atoms with Crippen LogP contribution in [-0.4, -0.2) is 18.6 Å². The van der Waals surface area contributed by atoms with E-state index in [0.29, 0.717) is 12.6 Å². The Labute approximate surface area is 120 Å². The fourth-order valence-corrected chi connectivity index (χ4v) is 2.84. The molecule has 0 saturated heterocycles. The standard InChI is InChI=1S/C16H24N2O2/c1-2-20-14-11-7-6-10-13(14)15(16(17)19)18-12-8-4-3-5-9-12/h6-7,10-12,15,18H,2-5,8-9H2,1H3,(H2,17,19). The molecule has 4 nitrogen and oxygen atoms in total. The lowest BCUT2D eigenvalue weighted by Gasteiger charge is -2.28. The summed E-state index contributed by atoms with van der Waals surface area (Å²) in [6.45, 7) is 2.51. The Balaban J connectivity index is 2.17. The lowest BCUT2D eigenvalue weighted by Crippen LogP contribution is -2.41. The minimum Gasteiger partial charge on any atom is -0.494 e. The fraction of sp³-hybridized carbons (Fsp3) is 0.562. The molecule has 0 heterocycles. The smallest absolute Gasteiger partial charge is 0.239 e. The van der Waals surface area contributed by atoms with Gasteiger partial charge in [0.2, 0.25) is 5.91 Å². The van der Waals surface area contributed by atoms with Crippen LogP contribution in [-0.2, 0) is 4.79 Å². The Morgan fingerprint density at radius 2 is 2.05 bits per heavy atom. The molecular weight excluding hydrogens is 252 g/mol. The maximum atomic E-state index is 11.8. The van der Waals surface area contributed by atoms with Crippen LogP contribution in [0.2, 0.25) is 0 Å². The molecule has 110 valence electrons. The number of carbonyl (C=O) groups is 1. The van der Waals surface area contributed by atoms with Gasteiger partial charge >= 0.3 is 0 Å². The molecule has 0 bridgehead atoms.